The predicted molar refractivity (Wildman–Crippen MR) is 61.2 cm³/mol. The molecule has 0 aromatic heterocycles. The minimum Gasteiger partial charge on any atom is -0.468 e. The Bertz CT molecular complexity index is 24.5. The minimum atomic E-state index is -0.0139. The van der Waals surface area contributed by atoms with Gasteiger partial charge in [0.25, 0.3) is 0 Å². The Morgan fingerprint density at radius 2 is 1.11 bits per heavy atom. The molecule has 0 aliphatic heterocycles. The zero-order valence-electron chi connectivity index (χ0n) is 6.73. The molecule has 0 aromatic carbocycles. The molecular formula is C2H18O2SSi4. The molecule has 60 valence electrons. The van der Waals surface area contributed by atoms with E-state index in [1.165, 1.54) is 0 Å². The van der Waals surface area contributed by atoms with E-state index in [9.17, 15) is 0 Å². The van der Waals surface area contributed by atoms with Crippen molar-refractivity contribution in [2.75, 3.05) is 0 Å². The topological polar surface area (TPSA) is 18.5 Å². The molecule has 0 aromatic rings. The van der Waals surface area contributed by atoms with Gasteiger partial charge < -0.3 is 8.23 Å². The largest absolute Gasteiger partial charge is 0.468 e. The summed E-state index contributed by atoms with van der Waals surface area (Å²) in [6.45, 7) is 4.26. The van der Waals surface area contributed by atoms with Gasteiger partial charge in [-0.25, -0.2) is 0 Å². The van der Waals surface area contributed by atoms with Crippen molar-refractivity contribution >= 4 is 54.0 Å². The van der Waals surface area contributed by atoms with E-state index in [4.69, 9.17) is 8.23 Å². The van der Waals surface area contributed by atoms with Crippen molar-refractivity contribution in [2.45, 2.75) is 13.1 Å². The van der Waals surface area contributed by atoms with Crippen LogP contribution in [0.3, 0.4) is 0 Å². The van der Waals surface area contributed by atoms with Crippen molar-refractivity contribution in [3.8, 4) is 0 Å². The summed E-state index contributed by atoms with van der Waals surface area (Å²) in [5.41, 5.74) is 0. The van der Waals surface area contributed by atoms with E-state index in [0.29, 0.717) is 0 Å². The first-order valence-electron chi connectivity index (χ1n) is 2.81. The van der Waals surface area contributed by atoms with Gasteiger partial charge in [0.2, 0.25) is 0 Å². The summed E-state index contributed by atoms with van der Waals surface area (Å²) >= 11 is 0. The standard InChI is InChI=1S/2CH8OSi2.H2S/c2*1-4-2-3;/h2*4H2,1,3H3;1H2. The Labute approximate surface area is 75.5 Å². The molecule has 7 heteroatoms. The smallest absolute Gasteiger partial charge is 0.142 e. The van der Waals surface area contributed by atoms with Gasteiger partial charge in [0, 0.05) is 0 Å². The molecule has 0 fully saturated rings. The lowest BCUT2D eigenvalue weighted by Gasteiger charge is -1.76. The van der Waals surface area contributed by atoms with Crippen molar-refractivity contribution in [1.82, 2.24) is 0 Å². The fourth-order valence-corrected chi connectivity index (χ4v) is 0. The first kappa shape index (κ1) is 16.6. The SMILES string of the molecule is C[SiH2]O[SiH3].C[SiH2]O[SiH3].S. The van der Waals surface area contributed by atoms with Gasteiger partial charge in [0.15, 0.2) is 0 Å². The van der Waals surface area contributed by atoms with Crippen LogP contribution in [0.25, 0.3) is 0 Å². The van der Waals surface area contributed by atoms with Gasteiger partial charge in [-0.05, 0) is 0 Å². The van der Waals surface area contributed by atoms with Crippen LogP contribution in [-0.4, -0.2) is 40.5 Å². The summed E-state index contributed by atoms with van der Waals surface area (Å²) < 4.78 is 9.64. The zero-order valence-corrected chi connectivity index (χ0v) is 14.6. The fraction of sp³-hybridized carbons (Fsp3) is 1.00. The van der Waals surface area contributed by atoms with E-state index in [-0.39, 0.29) is 33.0 Å². The maximum absolute atomic E-state index is 4.82. The molecule has 0 saturated carbocycles. The van der Waals surface area contributed by atoms with Gasteiger partial charge >= 0.3 is 0 Å². The van der Waals surface area contributed by atoms with Gasteiger partial charge in [0.05, 0.1) is 0 Å². The number of hydrogen-bond donors (Lipinski definition) is 0. The van der Waals surface area contributed by atoms with Crippen LogP contribution in [0.1, 0.15) is 0 Å². The third kappa shape index (κ3) is 47.3. The molecule has 0 saturated heterocycles. The highest BCUT2D eigenvalue weighted by molar-refractivity contribution is 7.59. The highest BCUT2D eigenvalue weighted by Crippen LogP contribution is 1.46. The van der Waals surface area contributed by atoms with Crippen LogP contribution in [0.5, 0.6) is 0 Å². The van der Waals surface area contributed by atoms with E-state index < -0.39 is 0 Å². The van der Waals surface area contributed by atoms with Crippen LogP contribution in [0, 0.1) is 0 Å². The normalized spacial score (nSPS) is 10.0. The van der Waals surface area contributed by atoms with Crippen molar-refractivity contribution in [3.05, 3.63) is 0 Å². The molecule has 0 unspecified atom stereocenters. The summed E-state index contributed by atoms with van der Waals surface area (Å²) in [6, 6.07) is 0. The summed E-state index contributed by atoms with van der Waals surface area (Å²) in [6.07, 6.45) is 0. The summed E-state index contributed by atoms with van der Waals surface area (Å²) in [7, 11) is 1.88. The van der Waals surface area contributed by atoms with Gasteiger partial charge in [-0.2, -0.15) is 13.5 Å². The average molecular weight is 219 g/mol. The lowest BCUT2D eigenvalue weighted by molar-refractivity contribution is 0.670. The molecule has 9 heavy (non-hydrogen) atoms. The van der Waals surface area contributed by atoms with Crippen molar-refractivity contribution < 1.29 is 8.23 Å². The molecule has 0 atom stereocenters. The van der Waals surface area contributed by atoms with E-state index in [1.54, 1.807) is 0 Å². The van der Waals surface area contributed by atoms with Gasteiger partial charge in [-0.3, -0.25) is 0 Å². The van der Waals surface area contributed by atoms with Gasteiger partial charge in [0.1, 0.15) is 40.5 Å². The Morgan fingerprint density at radius 3 is 1.11 bits per heavy atom. The third-order valence-corrected chi connectivity index (χ3v) is 5.20. The molecular weight excluding hydrogens is 200 g/mol. The van der Waals surface area contributed by atoms with Crippen molar-refractivity contribution in [1.29, 1.82) is 0 Å². The third-order valence-electron chi connectivity index (χ3n) is 0.577. The molecule has 0 aliphatic carbocycles. The minimum absolute atomic E-state index is 0. The molecule has 0 radical (unpaired) electrons. The first-order valence-corrected chi connectivity index (χ1v) is 8.42. The highest BCUT2D eigenvalue weighted by Gasteiger charge is 1.54. The van der Waals surface area contributed by atoms with E-state index in [0.717, 1.165) is 21.0 Å². The van der Waals surface area contributed by atoms with Gasteiger partial charge in [-0.1, -0.05) is 13.1 Å². The molecule has 0 amide bonds. The number of hydrogen-bond acceptors (Lipinski definition) is 2. The molecule has 0 N–H and O–H groups in total. The molecule has 0 heterocycles. The van der Waals surface area contributed by atoms with Crippen LogP contribution in [0.2, 0.25) is 13.1 Å². The number of rotatable bonds is 2. The lowest BCUT2D eigenvalue weighted by atomic mass is 11.9. The Kier molecular flexibility index (Phi) is 42.3. The molecule has 0 aliphatic rings. The molecule has 0 spiro atoms. The lowest BCUT2D eigenvalue weighted by Crippen LogP contribution is -1.82. The second-order valence-corrected chi connectivity index (χ2v) is 6.93. The van der Waals surface area contributed by atoms with Crippen LogP contribution < -0.4 is 0 Å². The quantitative estimate of drug-likeness (QED) is 0.459. The van der Waals surface area contributed by atoms with Crippen molar-refractivity contribution in [2.24, 2.45) is 0 Å². The zero-order chi connectivity index (χ0) is 6.83. The van der Waals surface area contributed by atoms with E-state index in [1.807, 2.05) is 0 Å². The first-order chi connectivity index (χ1) is 3.83. The van der Waals surface area contributed by atoms with E-state index in [2.05, 4.69) is 13.1 Å². The monoisotopic (exact) mass is 218 g/mol. The summed E-state index contributed by atoms with van der Waals surface area (Å²) in [5, 5.41) is 0. The maximum Gasteiger partial charge on any atom is 0.142 e. The maximum atomic E-state index is 4.82. The van der Waals surface area contributed by atoms with Crippen LogP contribution in [0.4, 0.5) is 0 Å². The van der Waals surface area contributed by atoms with Crippen LogP contribution in [0.15, 0.2) is 0 Å². The predicted octanol–water partition coefficient (Wildman–Crippen LogP) is -3.06. The summed E-state index contributed by atoms with van der Waals surface area (Å²) in [5.74, 6) is 0. The Hall–Kier alpha value is 1.14. The van der Waals surface area contributed by atoms with Gasteiger partial charge in [-0.15, -0.1) is 0 Å². The Balaban J connectivity index is -0.0000000720. The Morgan fingerprint density at radius 1 is 1.00 bits per heavy atom. The van der Waals surface area contributed by atoms with E-state index >= 15 is 0 Å². The van der Waals surface area contributed by atoms with Crippen LogP contribution >= 0.6 is 13.5 Å². The van der Waals surface area contributed by atoms with Crippen LogP contribution in [-0.2, 0) is 8.23 Å². The molecule has 2 nitrogen and oxygen atoms in total. The highest BCUT2D eigenvalue weighted by atomic mass is 32.1. The molecule has 0 bridgehead atoms. The summed E-state index contributed by atoms with van der Waals surface area (Å²) in [4.78, 5) is 0. The second-order valence-electron chi connectivity index (χ2n) is 1.15. The molecule has 0 rings (SSSR count). The second kappa shape index (κ2) is 22.9. The van der Waals surface area contributed by atoms with Crippen molar-refractivity contribution in [3.63, 3.8) is 0 Å². The average Bonchev–Trinajstić information content (AvgIpc) is 1.88. The fourth-order valence-electron chi connectivity index (χ4n) is 0.